The number of aromatic hydroxyl groups is 1. The van der Waals surface area contributed by atoms with Crippen molar-refractivity contribution in [3.05, 3.63) is 66.2 Å². The van der Waals surface area contributed by atoms with Gasteiger partial charge in [0.1, 0.15) is 0 Å². The molecule has 0 spiro atoms. The summed E-state index contributed by atoms with van der Waals surface area (Å²) in [6.07, 6.45) is 1.67. The summed E-state index contributed by atoms with van der Waals surface area (Å²) in [5.74, 6) is 0.746. The number of Topliss-reactive ketones (excluding diaryl/α,β-unsaturated/α-hetero) is 1. The summed E-state index contributed by atoms with van der Waals surface area (Å²) in [5, 5.41) is 9.25. The van der Waals surface area contributed by atoms with Crippen LogP contribution >= 0.6 is 0 Å². The molecule has 104 valence electrons. The van der Waals surface area contributed by atoms with E-state index >= 15 is 0 Å². The van der Waals surface area contributed by atoms with Crippen LogP contribution in [0.25, 0.3) is 6.08 Å². The highest BCUT2D eigenvalue weighted by Crippen LogP contribution is 2.26. The first-order valence-corrected chi connectivity index (χ1v) is 6.14. The summed E-state index contributed by atoms with van der Waals surface area (Å²) in [7, 11) is 1.52. The number of phenols is 1. The zero-order valence-corrected chi connectivity index (χ0v) is 11.7. The largest absolute Gasteiger partial charge is 0.504 e. The van der Waals surface area contributed by atoms with E-state index in [4.69, 9.17) is 4.74 Å². The molecule has 0 aromatic heterocycles. The quantitative estimate of drug-likeness (QED) is 0.859. The van der Waals surface area contributed by atoms with Gasteiger partial charge >= 0.3 is 0 Å². The highest BCUT2D eigenvalue weighted by molar-refractivity contribution is 5.93. The van der Waals surface area contributed by atoms with Crippen LogP contribution in [0.2, 0.25) is 0 Å². The van der Waals surface area contributed by atoms with E-state index in [-0.39, 0.29) is 11.5 Å². The highest BCUT2D eigenvalue weighted by atomic mass is 16.5. The van der Waals surface area contributed by atoms with Crippen LogP contribution < -0.4 is 4.74 Å². The van der Waals surface area contributed by atoms with Gasteiger partial charge in [-0.2, -0.15) is 0 Å². The van der Waals surface area contributed by atoms with Crippen LogP contribution in [0.15, 0.2) is 55.1 Å². The molecule has 3 nitrogen and oxygen atoms in total. The van der Waals surface area contributed by atoms with E-state index in [1.54, 1.807) is 25.1 Å². The predicted molar refractivity (Wildman–Crippen MR) is 81.2 cm³/mol. The van der Waals surface area contributed by atoms with E-state index in [0.29, 0.717) is 5.75 Å². The molecule has 0 fully saturated rings. The minimum absolute atomic E-state index is 0.121. The molecule has 0 aliphatic carbocycles. The number of hydrogen-bond acceptors (Lipinski definition) is 3. The predicted octanol–water partition coefficient (Wildman–Crippen LogP) is 3.93. The van der Waals surface area contributed by atoms with Gasteiger partial charge in [0.05, 0.1) is 7.11 Å². The Morgan fingerprint density at radius 2 is 1.85 bits per heavy atom. The third-order valence-corrected chi connectivity index (χ3v) is 2.62. The monoisotopic (exact) mass is 270 g/mol. The smallest absolute Gasteiger partial charge is 0.160 e. The molecule has 0 aliphatic heterocycles. The average Bonchev–Trinajstić information content (AvgIpc) is 2.48. The van der Waals surface area contributed by atoms with Gasteiger partial charge in [-0.15, -0.1) is 0 Å². The normalized spacial score (nSPS) is 9.10. The van der Waals surface area contributed by atoms with E-state index in [1.165, 1.54) is 7.11 Å². The molecular formula is C17H18O3. The van der Waals surface area contributed by atoms with Gasteiger partial charge in [0.2, 0.25) is 0 Å². The zero-order valence-electron chi connectivity index (χ0n) is 11.7. The summed E-state index contributed by atoms with van der Waals surface area (Å²) in [5.41, 5.74) is 1.65. The van der Waals surface area contributed by atoms with Crippen LogP contribution in [0.1, 0.15) is 22.8 Å². The van der Waals surface area contributed by atoms with Crippen molar-refractivity contribution in [2.45, 2.75) is 6.92 Å². The molecule has 1 N–H and O–H groups in total. The van der Waals surface area contributed by atoms with Crippen molar-refractivity contribution in [1.29, 1.82) is 0 Å². The van der Waals surface area contributed by atoms with Crippen molar-refractivity contribution in [3.8, 4) is 11.5 Å². The summed E-state index contributed by atoms with van der Waals surface area (Å²) in [4.78, 5) is 10.6. The third-order valence-electron chi connectivity index (χ3n) is 2.62. The molecule has 0 aliphatic rings. The second-order valence-electron chi connectivity index (χ2n) is 4.06. The second-order valence-corrected chi connectivity index (χ2v) is 4.06. The minimum Gasteiger partial charge on any atom is -0.504 e. The van der Waals surface area contributed by atoms with Gasteiger partial charge in [-0.1, -0.05) is 49.1 Å². The molecule has 2 aromatic rings. The topological polar surface area (TPSA) is 46.5 Å². The molecule has 2 rings (SSSR count). The minimum atomic E-state index is 0.121. The first kappa shape index (κ1) is 15.5. The first-order chi connectivity index (χ1) is 9.58. The molecule has 0 amide bonds. The van der Waals surface area contributed by atoms with Crippen LogP contribution in [0.3, 0.4) is 0 Å². The number of ketones is 1. The lowest BCUT2D eigenvalue weighted by Gasteiger charge is -2.02. The maximum Gasteiger partial charge on any atom is 0.160 e. The summed E-state index contributed by atoms with van der Waals surface area (Å²) >= 11 is 0. The van der Waals surface area contributed by atoms with Crippen molar-refractivity contribution < 1.29 is 14.6 Å². The Kier molecular flexibility index (Phi) is 6.04. The Morgan fingerprint density at radius 1 is 1.20 bits per heavy atom. The lowest BCUT2D eigenvalue weighted by Crippen LogP contribution is -1.88. The maximum atomic E-state index is 10.6. The van der Waals surface area contributed by atoms with Crippen molar-refractivity contribution in [1.82, 2.24) is 0 Å². The van der Waals surface area contributed by atoms with Crippen molar-refractivity contribution in [2.24, 2.45) is 0 Å². The fraction of sp³-hybridized carbons (Fsp3) is 0.118. The Bertz CT molecular complexity index is 574. The number of phenolic OH excluding ortho intramolecular Hbond substituents is 1. The van der Waals surface area contributed by atoms with Gasteiger partial charge in [-0.05, 0) is 24.6 Å². The molecule has 0 saturated heterocycles. The fourth-order valence-corrected chi connectivity index (χ4v) is 1.51. The van der Waals surface area contributed by atoms with Crippen LogP contribution in [0.5, 0.6) is 11.5 Å². The van der Waals surface area contributed by atoms with Crippen LogP contribution in [-0.4, -0.2) is 18.0 Å². The summed E-state index contributed by atoms with van der Waals surface area (Å²) in [6.45, 7) is 5.14. The van der Waals surface area contributed by atoms with Crippen LogP contribution in [0, 0.1) is 0 Å². The number of benzene rings is 2. The summed E-state index contributed by atoms with van der Waals surface area (Å²) < 4.78 is 4.86. The SMILES string of the molecule is C=Cc1ccc(OC)c(O)c1.CC(=O)c1ccccc1. The summed E-state index contributed by atoms with van der Waals surface area (Å²) in [6, 6.07) is 14.4. The van der Waals surface area contributed by atoms with Crippen LogP contribution in [0.4, 0.5) is 0 Å². The Morgan fingerprint density at radius 3 is 2.25 bits per heavy atom. The highest BCUT2D eigenvalue weighted by Gasteiger charge is 1.98. The molecule has 0 saturated carbocycles. The molecule has 0 radical (unpaired) electrons. The molecule has 0 bridgehead atoms. The van der Waals surface area contributed by atoms with E-state index in [1.807, 2.05) is 36.4 Å². The number of methoxy groups -OCH3 is 1. The molecule has 20 heavy (non-hydrogen) atoms. The van der Waals surface area contributed by atoms with Gasteiger partial charge in [0.25, 0.3) is 0 Å². The Labute approximate surface area is 119 Å². The van der Waals surface area contributed by atoms with Gasteiger partial charge < -0.3 is 9.84 Å². The first-order valence-electron chi connectivity index (χ1n) is 6.14. The second kappa shape index (κ2) is 7.79. The van der Waals surface area contributed by atoms with E-state index in [2.05, 4.69) is 6.58 Å². The number of hydrogen-bond donors (Lipinski definition) is 1. The Balaban J connectivity index is 0.000000204. The lowest BCUT2D eigenvalue weighted by atomic mass is 10.2. The van der Waals surface area contributed by atoms with Gasteiger partial charge in [-0.25, -0.2) is 0 Å². The molecule has 2 aromatic carbocycles. The third kappa shape index (κ3) is 4.61. The van der Waals surface area contributed by atoms with Crippen molar-refractivity contribution in [2.75, 3.05) is 7.11 Å². The fourth-order valence-electron chi connectivity index (χ4n) is 1.51. The Hall–Kier alpha value is -2.55. The van der Waals surface area contributed by atoms with Crippen molar-refractivity contribution in [3.63, 3.8) is 0 Å². The van der Waals surface area contributed by atoms with Gasteiger partial charge in [-0.3, -0.25) is 4.79 Å². The number of rotatable bonds is 3. The molecule has 3 heteroatoms. The molecular weight excluding hydrogens is 252 g/mol. The lowest BCUT2D eigenvalue weighted by molar-refractivity contribution is 0.101. The maximum absolute atomic E-state index is 10.6. The average molecular weight is 270 g/mol. The van der Waals surface area contributed by atoms with E-state index < -0.39 is 0 Å². The van der Waals surface area contributed by atoms with Gasteiger partial charge in [0.15, 0.2) is 17.3 Å². The number of ether oxygens (including phenoxy) is 1. The van der Waals surface area contributed by atoms with E-state index in [9.17, 15) is 9.90 Å². The van der Waals surface area contributed by atoms with Gasteiger partial charge in [0, 0.05) is 5.56 Å². The standard InChI is InChI=1S/C9H10O2.C8H8O/c1-3-7-4-5-9(11-2)8(10)6-7;1-7(9)8-5-3-2-4-6-8/h3-6,10H,1H2,2H3;2-6H,1H3. The van der Waals surface area contributed by atoms with E-state index in [0.717, 1.165) is 11.1 Å². The number of carbonyl (C=O) groups is 1. The number of carbonyl (C=O) groups excluding carboxylic acids is 1. The zero-order chi connectivity index (χ0) is 15.0. The molecule has 0 unspecified atom stereocenters. The molecule has 0 atom stereocenters. The molecule has 0 heterocycles. The van der Waals surface area contributed by atoms with Crippen molar-refractivity contribution >= 4 is 11.9 Å². The van der Waals surface area contributed by atoms with Crippen LogP contribution in [-0.2, 0) is 0 Å².